The highest BCUT2D eigenvalue weighted by Gasteiger charge is 2.18. The predicted molar refractivity (Wildman–Crippen MR) is 99.3 cm³/mol. The summed E-state index contributed by atoms with van der Waals surface area (Å²) in [6.45, 7) is 3.72. The lowest BCUT2D eigenvalue weighted by molar-refractivity contribution is -0.118. The smallest absolute Gasteiger partial charge is 0.341 e. The number of hydrogen-bond donors (Lipinski definition) is 1. The summed E-state index contributed by atoms with van der Waals surface area (Å²) in [5.41, 5.74) is 1.60. The van der Waals surface area contributed by atoms with Crippen molar-refractivity contribution in [1.82, 2.24) is 0 Å². The maximum absolute atomic E-state index is 12.1. The van der Waals surface area contributed by atoms with Gasteiger partial charge in [-0.05, 0) is 32.0 Å². The van der Waals surface area contributed by atoms with Crippen molar-refractivity contribution in [3.05, 3.63) is 52.5 Å². The van der Waals surface area contributed by atoms with E-state index in [4.69, 9.17) is 25.8 Å². The zero-order valence-corrected chi connectivity index (χ0v) is 15.6. The zero-order chi connectivity index (χ0) is 19.1. The van der Waals surface area contributed by atoms with Gasteiger partial charge in [-0.2, -0.15) is 0 Å². The highest BCUT2D eigenvalue weighted by atomic mass is 35.5. The highest BCUT2D eigenvalue weighted by Crippen LogP contribution is 2.31. The molecular weight excluding hydrogens is 358 g/mol. The first-order valence-corrected chi connectivity index (χ1v) is 8.36. The lowest BCUT2D eigenvalue weighted by atomic mass is 10.1. The number of methoxy groups -OCH3 is 1. The van der Waals surface area contributed by atoms with Gasteiger partial charge in [0.2, 0.25) is 0 Å². The van der Waals surface area contributed by atoms with Crippen molar-refractivity contribution in [2.75, 3.05) is 25.6 Å². The summed E-state index contributed by atoms with van der Waals surface area (Å²) in [5.74, 6) is -0.0973. The minimum Gasteiger partial charge on any atom is -0.496 e. The third-order valence-electron chi connectivity index (χ3n) is 3.45. The number of esters is 1. The van der Waals surface area contributed by atoms with E-state index in [1.54, 1.807) is 19.1 Å². The topological polar surface area (TPSA) is 73.9 Å². The molecule has 138 valence electrons. The number of ether oxygens (including phenoxy) is 3. The summed E-state index contributed by atoms with van der Waals surface area (Å²) in [6.07, 6.45) is 0. The van der Waals surface area contributed by atoms with Crippen molar-refractivity contribution in [2.45, 2.75) is 13.8 Å². The van der Waals surface area contributed by atoms with Crippen LogP contribution in [0.3, 0.4) is 0 Å². The van der Waals surface area contributed by atoms with Crippen LogP contribution in [-0.2, 0) is 9.53 Å². The van der Waals surface area contributed by atoms with Crippen LogP contribution in [0.4, 0.5) is 5.69 Å². The van der Waals surface area contributed by atoms with Gasteiger partial charge in [-0.25, -0.2) is 4.79 Å². The van der Waals surface area contributed by atoms with Gasteiger partial charge < -0.3 is 19.5 Å². The van der Waals surface area contributed by atoms with Crippen molar-refractivity contribution in [1.29, 1.82) is 0 Å². The number of anilines is 1. The molecule has 1 N–H and O–H groups in total. The van der Waals surface area contributed by atoms with Crippen LogP contribution in [-0.4, -0.2) is 32.2 Å². The normalized spacial score (nSPS) is 10.2. The Labute approximate surface area is 157 Å². The molecule has 0 saturated heterocycles. The molecule has 26 heavy (non-hydrogen) atoms. The second kappa shape index (κ2) is 9.10. The maximum Gasteiger partial charge on any atom is 0.341 e. The Bertz CT molecular complexity index is 789. The van der Waals surface area contributed by atoms with Crippen molar-refractivity contribution >= 4 is 29.2 Å². The minimum atomic E-state index is -0.549. The van der Waals surface area contributed by atoms with E-state index in [2.05, 4.69) is 5.32 Å². The first kappa shape index (κ1) is 19.6. The summed E-state index contributed by atoms with van der Waals surface area (Å²) in [4.78, 5) is 24.0. The van der Waals surface area contributed by atoms with Crippen molar-refractivity contribution < 1.29 is 23.8 Å². The molecule has 0 bridgehead atoms. The molecule has 7 heteroatoms. The molecular formula is C19H20ClNO5. The molecule has 2 rings (SSSR count). The van der Waals surface area contributed by atoms with Gasteiger partial charge in [0, 0.05) is 6.07 Å². The molecule has 0 atom stereocenters. The van der Waals surface area contributed by atoms with E-state index in [1.165, 1.54) is 19.2 Å². The number of carbonyl (C=O) groups excluding carboxylic acids is 2. The molecule has 1 amide bonds. The summed E-state index contributed by atoms with van der Waals surface area (Å²) in [5, 5.41) is 2.83. The van der Waals surface area contributed by atoms with Crippen LogP contribution in [0, 0.1) is 6.92 Å². The molecule has 2 aromatic carbocycles. The zero-order valence-electron chi connectivity index (χ0n) is 14.8. The molecule has 0 aromatic heterocycles. The van der Waals surface area contributed by atoms with E-state index in [9.17, 15) is 9.59 Å². The van der Waals surface area contributed by atoms with Crippen LogP contribution >= 0.6 is 11.6 Å². The number of aryl methyl sites for hydroxylation is 1. The molecule has 0 fully saturated rings. The molecule has 0 spiro atoms. The van der Waals surface area contributed by atoms with Crippen LogP contribution in [0.25, 0.3) is 0 Å². The van der Waals surface area contributed by atoms with Gasteiger partial charge in [-0.3, -0.25) is 4.79 Å². The summed E-state index contributed by atoms with van der Waals surface area (Å²) >= 11 is 6.16. The number of hydrogen-bond acceptors (Lipinski definition) is 5. The van der Waals surface area contributed by atoms with Gasteiger partial charge in [0.05, 0.1) is 24.4 Å². The van der Waals surface area contributed by atoms with Gasteiger partial charge in [-0.15, -0.1) is 0 Å². The third kappa shape index (κ3) is 5.13. The monoisotopic (exact) mass is 377 g/mol. The second-order valence-corrected chi connectivity index (χ2v) is 5.81. The van der Waals surface area contributed by atoms with Crippen molar-refractivity contribution in [2.24, 2.45) is 0 Å². The van der Waals surface area contributed by atoms with Crippen molar-refractivity contribution in [3.8, 4) is 11.5 Å². The molecule has 6 nitrogen and oxygen atoms in total. The van der Waals surface area contributed by atoms with Gasteiger partial charge in [0.25, 0.3) is 5.91 Å². The summed E-state index contributed by atoms with van der Waals surface area (Å²) in [7, 11) is 1.41. The van der Waals surface area contributed by atoms with E-state index in [0.717, 1.165) is 5.56 Å². The fraction of sp³-hybridized carbons (Fsp3) is 0.263. The summed E-state index contributed by atoms with van der Waals surface area (Å²) < 4.78 is 15.6. The van der Waals surface area contributed by atoms with Crippen LogP contribution in [0.2, 0.25) is 5.02 Å². The van der Waals surface area contributed by atoms with Crippen LogP contribution in [0.5, 0.6) is 11.5 Å². The Morgan fingerprint density at radius 1 is 1.15 bits per heavy atom. The standard InChI is InChI=1S/C19H20ClNO5/c1-4-25-19(23)14-9-15(20)16(10-17(14)24-3)21-18(22)11-26-13-7-5-12(2)6-8-13/h5-10H,4,11H2,1-3H3,(H,21,22). The Morgan fingerprint density at radius 2 is 1.85 bits per heavy atom. The van der Waals surface area contributed by atoms with Crippen LogP contribution in [0.15, 0.2) is 36.4 Å². The van der Waals surface area contributed by atoms with Crippen LogP contribution in [0.1, 0.15) is 22.8 Å². The van der Waals surface area contributed by atoms with E-state index >= 15 is 0 Å². The number of halogens is 1. The quantitative estimate of drug-likeness (QED) is 0.742. The fourth-order valence-corrected chi connectivity index (χ4v) is 2.37. The van der Waals surface area contributed by atoms with Crippen LogP contribution < -0.4 is 14.8 Å². The molecule has 0 radical (unpaired) electrons. The van der Waals surface area contributed by atoms with Crippen molar-refractivity contribution in [3.63, 3.8) is 0 Å². The van der Waals surface area contributed by atoms with E-state index < -0.39 is 11.9 Å². The Balaban J connectivity index is 2.07. The van der Waals surface area contributed by atoms with E-state index in [0.29, 0.717) is 11.4 Å². The maximum atomic E-state index is 12.1. The highest BCUT2D eigenvalue weighted by molar-refractivity contribution is 6.34. The number of benzene rings is 2. The summed E-state index contributed by atoms with van der Waals surface area (Å²) in [6, 6.07) is 10.2. The Hall–Kier alpha value is -2.73. The average molecular weight is 378 g/mol. The lowest BCUT2D eigenvalue weighted by Gasteiger charge is -2.13. The molecule has 0 saturated carbocycles. The average Bonchev–Trinajstić information content (AvgIpc) is 2.62. The van der Waals surface area contributed by atoms with Gasteiger partial charge in [-0.1, -0.05) is 29.3 Å². The Kier molecular flexibility index (Phi) is 6.86. The molecule has 0 aliphatic heterocycles. The first-order valence-electron chi connectivity index (χ1n) is 7.98. The van der Waals surface area contributed by atoms with Gasteiger partial charge in [0.15, 0.2) is 6.61 Å². The molecule has 0 aliphatic carbocycles. The second-order valence-electron chi connectivity index (χ2n) is 5.40. The van der Waals surface area contributed by atoms with E-state index in [-0.39, 0.29) is 29.5 Å². The van der Waals surface area contributed by atoms with Gasteiger partial charge >= 0.3 is 5.97 Å². The largest absolute Gasteiger partial charge is 0.496 e. The lowest BCUT2D eigenvalue weighted by Crippen LogP contribution is -2.20. The fourth-order valence-electron chi connectivity index (χ4n) is 2.16. The molecule has 0 aliphatic rings. The number of amides is 1. The first-order chi connectivity index (χ1) is 12.4. The third-order valence-corrected chi connectivity index (χ3v) is 3.76. The number of nitrogens with one attached hydrogen (secondary N) is 1. The predicted octanol–water partition coefficient (Wildman–Crippen LogP) is 3.85. The van der Waals surface area contributed by atoms with E-state index in [1.807, 2.05) is 19.1 Å². The Morgan fingerprint density at radius 3 is 2.46 bits per heavy atom. The number of carbonyl (C=O) groups is 2. The molecule has 0 unspecified atom stereocenters. The minimum absolute atomic E-state index is 0.179. The SMILES string of the molecule is CCOC(=O)c1cc(Cl)c(NC(=O)COc2ccc(C)cc2)cc1OC. The molecule has 2 aromatic rings. The van der Waals surface area contributed by atoms with Gasteiger partial charge in [0.1, 0.15) is 17.1 Å². The molecule has 0 heterocycles. The number of rotatable bonds is 7.